The second-order valence-electron chi connectivity index (χ2n) is 11.6. The monoisotopic (exact) mass is 575 g/mol. The van der Waals surface area contributed by atoms with Gasteiger partial charge in [-0.3, -0.25) is 19.3 Å². The molecule has 3 fully saturated rings. The molecule has 1 aliphatic carbocycles. The summed E-state index contributed by atoms with van der Waals surface area (Å²) in [5, 5.41) is 6.88. The minimum Gasteiger partial charge on any atom is -0.383 e. The number of carbonyl (C=O) groups is 3. The molecule has 1 aromatic rings. The highest BCUT2D eigenvalue weighted by Crippen LogP contribution is 2.31. The summed E-state index contributed by atoms with van der Waals surface area (Å²) in [5.41, 5.74) is 3.60. The lowest BCUT2D eigenvalue weighted by Crippen LogP contribution is -2.45. The third-order valence-electron chi connectivity index (χ3n) is 8.69. The number of piperidine rings is 2. The number of likely N-dealkylation sites (tertiary alicyclic amines) is 2. The maximum Gasteiger partial charge on any atom is 0.326 e. The SMILES string of the molecule is CNOC(=O)CCNc1cc(C(=O)N2CCC(CC3CCN(CC(=O)NC4CCCCC4)CC3)CC2)ccc1Cl. The van der Waals surface area contributed by atoms with E-state index < -0.39 is 0 Å². The van der Waals surface area contributed by atoms with Gasteiger partial charge in [0.15, 0.2) is 0 Å². The summed E-state index contributed by atoms with van der Waals surface area (Å²) in [7, 11) is 1.53. The standard InChI is InChI=1S/C30H46ClN5O4/c1-32-40-29(38)9-14-33-27-20-24(7-8-26(27)31)30(39)36-17-12-23(13-18-36)19-22-10-15-35(16-11-22)21-28(37)34-25-5-3-2-4-6-25/h7-8,20,22-23,25,32-33H,2-6,9-19,21H2,1H3,(H,34,37). The van der Waals surface area contributed by atoms with Gasteiger partial charge in [0.1, 0.15) is 0 Å². The Morgan fingerprint density at radius 1 is 0.950 bits per heavy atom. The van der Waals surface area contributed by atoms with Crippen LogP contribution in [-0.4, -0.2) is 79.9 Å². The van der Waals surface area contributed by atoms with Crippen LogP contribution in [0.4, 0.5) is 5.69 Å². The first-order valence-electron chi connectivity index (χ1n) is 15.1. The van der Waals surface area contributed by atoms with Crippen LogP contribution in [0.25, 0.3) is 0 Å². The lowest BCUT2D eigenvalue weighted by Gasteiger charge is -2.37. The van der Waals surface area contributed by atoms with Crippen molar-refractivity contribution in [2.45, 2.75) is 76.7 Å². The van der Waals surface area contributed by atoms with E-state index >= 15 is 0 Å². The molecule has 10 heteroatoms. The molecular weight excluding hydrogens is 530 g/mol. The molecule has 40 heavy (non-hydrogen) atoms. The zero-order valence-electron chi connectivity index (χ0n) is 23.9. The van der Waals surface area contributed by atoms with E-state index in [1.807, 2.05) is 4.90 Å². The molecule has 4 rings (SSSR count). The van der Waals surface area contributed by atoms with Crippen LogP contribution >= 0.6 is 11.6 Å². The molecule has 0 atom stereocenters. The topological polar surface area (TPSA) is 103 Å². The van der Waals surface area contributed by atoms with Crippen molar-refractivity contribution >= 4 is 35.1 Å². The Labute approximate surface area is 243 Å². The van der Waals surface area contributed by atoms with Crippen LogP contribution in [-0.2, 0) is 14.4 Å². The fraction of sp³-hybridized carbons (Fsp3) is 0.700. The van der Waals surface area contributed by atoms with Crippen molar-refractivity contribution in [2.75, 3.05) is 51.6 Å². The lowest BCUT2D eigenvalue weighted by molar-refractivity contribution is -0.149. The number of hydrogen-bond donors (Lipinski definition) is 3. The first-order valence-corrected chi connectivity index (χ1v) is 15.5. The third-order valence-corrected chi connectivity index (χ3v) is 9.02. The van der Waals surface area contributed by atoms with Crippen LogP contribution in [0.3, 0.4) is 0 Å². The summed E-state index contributed by atoms with van der Waals surface area (Å²) >= 11 is 6.31. The summed E-state index contributed by atoms with van der Waals surface area (Å²) in [4.78, 5) is 46.2. The second kappa shape index (κ2) is 15.6. The van der Waals surface area contributed by atoms with E-state index in [0.29, 0.717) is 47.2 Å². The van der Waals surface area contributed by atoms with Crippen molar-refractivity contribution < 1.29 is 19.2 Å². The third kappa shape index (κ3) is 9.35. The van der Waals surface area contributed by atoms with Crippen LogP contribution in [0.5, 0.6) is 0 Å². The summed E-state index contributed by atoms with van der Waals surface area (Å²) in [5.74, 6) is 1.20. The van der Waals surface area contributed by atoms with E-state index in [-0.39, 0.29) is 24.2 Å². The molecule has 1 saturated carbocycles. The van der Waals surface area contributed by atoms with E-state index in [2.05, 4.69) is 21.0 Å². The molecule has 0 aromatic heterocycles. The number of amides is 2. The molecule has 0 unspecified atom stereocenters. The summed E-state index contributed by atoms with van der Waals surface area (Å²) < 4.78 is 0. The molecule has 222 valence electrons. The molecule has 2 saturated heterocycles. The van der Waals surface area contributed by atoms with Crippen molar-refractivity contribution in [3.8, 4) is 0 Å². The van der Waals surface area contributed by atoms with Crippen LogP contribution in [0.1, 0.15) is 81.0 Å². The van der Waals surface area contributed by atoms with Gasteiger partial charge in [0.2, 0.25) is 5.91 Å². The molecule has 2 aliphatic heterocycles. The van der Waals surface area contributed by atoms with E-state index in [4.69, 9.17) is 16.4 Å². The molecule has 3 N–H and O–H groups in total. The van der Waals surface area contributed by atoms with Gasteiger partial charge in [-0.2, -0.15) is 5.48 Å². The van der Waals surface area contributed by atoms with E-state index in [1.165, 1.54) is 32.7 Å². The molecule has 2 amide bonds. The number of hydroxylamine groups is 1. The average Bonchev–Trinajstić information content (AvgIpc) is 2.96. The Balaban J connectivity index is 1.15. The Kier molecular flexibility index (Phi) is 11.9. The number of halogens is 1. The van der Waals surface area contributed by atoms with Gasteiger partial charge in [0, 0.05) is 38.3 Å². The predicted octanol–water partition coefficient (Wildman–Crippen LogP) is 4.22. The first kappa shape index (κ1) is 30.6. The summed E-state index contributed by atoms with van der Waals surface area (Å²) in [6.07, 6.45) is 11.8. The normalized spacial score (nSPS) is 19.8. The molecule has 2 heterocycles. The van der Waals surface area contributed by atoms with Crippen LogP contribution in [0.2, 0.25) is 5.02 Å². The highest BCUT2D eigenvalue weighted by molar-refractivity contribution is 6.33. The Hall–Kier alpha value is -2.36. The van der Waals surface area contributed by atoms with Crippen molar-refractivity contribution in [3.63, 3.8) is 0 Å². The van der Waals surface area contributed by atoms with Crippen LogP contribution < -0.4 is 16.1 Å². The van der Waals surface area contributed by atoms with E-state index in [1.54, 1.807) is 18.2 Å². The van der Waals surface area contributed by atoms with Gasteiger partial charge in [-0.15, -0.1) is 0 Å². The zero-order valence-corrected chi connectivity index (χ0v) is 24.6. The Morgan fingerprint density at radius 3 is 2.30 bits per heavy atom. The molecule has 1 aromatic carbocycles. The van der Waals surface area contributed by atoms with Gasteiger partial charge in [-0.25, -0.2) is 0 Å². The summed E-state index contributed by atoms with van der Waals surface area (Å²) in [6, 6.07) is 5.64. The Morgan fingerprint density at radius 2 is 1.62 bits per heavy atom. The number of anilines is 1. The van der Waals surface area contributed by atoms with Crippen molar-refractivity contribution in [1.82, 2.24) is 20.6 Å². The van der Waals surface area contributed by atoms with E-state index in [0.717, 1.165) is 64.7 Å². The van der Waals surface area contributed by atoms with Crippen molar-refractivity contribution in [1.29, 1.82) is 0 Å². The maximum absolute atomic E-state index is 13.2. The van der Waals surface area contributed by atoms with Gasteiger partial charge in [0.25, 0.3) is 5.91 Å². The van der Waals surface area contributed by atoms with Crippen LogP contribution in [0.15, 0.2) is 18.2 Å². The fourth-order valence-corrected chi connectivity index (χ4v) is 6.57. The van der Waals surface area contributed by atoms with Gasteiger partial charge >= 0.3 is 5.97 Å². The zero-order chi connectivity index (χ0) is 28.3. The number of hydrogen-bond acceptors (Lipinski definition) is 7. The van der Waals surface area contributed by atoms with Crippen molar-refractivity contribution in [3.05, 3.63) is 28.8 Å². The molecular formula is C30H46ClN5O4. The van der Waals surface area contributed by atoms with Crippen LogP contribution in [0, 0.1) is 11.8 Å². The number of nitrogens with zero attached hydrogens (tertiary/aromatic N) is 2. The fourth-order valence-electron chi connectivity index (χ4n) is 6.39. The second-order valence-corrected chi connectivity index (χ2v) is 12.1. The largest absolute Gasteiger partial charge is 0.383 e. The van der Waals surface area contributed by atoms with Crippen molar-refractivity contribution in [2.24, 2.45) is 11.8 Å². The number of nitrogens with one attached hydrogen (secondary N) is 3. The minimum absolute atomic E-state index is 0.0209. The highest BCUT2D eigenvalue weighted by Gasteiger charge is 2.28. The smallest absolute Gasteiger partial charge is 0.326 e. The minimum atomic E-state index is -0.371. The first-order chi connectivity index (χ1) is 19.4. The predicted molar refractivity (Wildman–Crippen MR) is 157 cm³/mol. The highest BCUT2D eigenvalue weighted by atomic mass is 35.5. The molecule has 9 nitrogen and oxygen atoms in total. The number of rotatable bonds is 11. The Bertz CT molecular complexity index is 986. The maximum atomic E-state index is 13.2. The lowest BCUT2D eigenvalue weighted by atomic mass is 9.82. The summed E-state index contributed by atoms with van der Waals surface area (Å²) in [6.45, 7) is 4.44. The van der Waals surface area contributed by atoms with Gasteiger partial charge in [-0.05, 0) is 88.1 Å². The van der Waals surface area contributed by atoms with Gasteiger partial charge in [-0.1, -0.05) is 30.9 Å². The molecule has 3 aliphatic rings. The van der Waals surface area contributed by atoms with Gasteiger partial charge < -0.3 is 20.4 Å². The quantitative estimate of drug-likeness (QED) is 0.339. The molecule has 0 radical (unpaired) electrons. The number of carbonyl (C=O) groups excluding carboxylic acids is 3. The van der Waals surface area contributed by atoms with Gasteiger partial charge in [0.05, 0.1) is 23.7 Å². The van der Waals surface area contributed by atoms with E-state index in [9.17, 15) is 14.4 Å². The number of benzene rings is 1. The molecule has 0 spiro atoms. The average molecular weight is 576 g/mol. The molecule has 0 bridgehead atoms.